The van der Waals surface area contributed by atoms with Gasteiger partial charge in [-0.2, -0.15) is 0 Å². The van der Waals surface area contributed by atoms with Gasteiger partial charge in [0.2, 0.25) is 5.91 Å². The van der Waals surface area contributed by atoms with E-state index < -0.39 is 6.10 Å². The van der Waals surface area contributed by atoms with E-state index in [1.165, 1.54) is 0 Å². The maximum Gasteiger partial charge on any atom is 0.224 e. The number of aryl methyl sites for hydroxylation is 1. The fraction of sp³-hybridized carbons (Fsp3) is 0.278. The number of carbonyl (C=O) groups is 1. The van der Waals surface area contributed by atoms with Crippen LogP contribution in [0.25, 0.3) is 0 Å². The molecule has 0 fully saturated rings. The van der Waals surface area contributed by atoms with Crippen LogP contribution in [0.3, 0.4) is 0 Å². The number of nitrogens with one attached hydrogen (secondary N) is 1. The van der Waals surface area contributed by atoms with E-state index >= 15 is 0 Å². The van der Waals surface area contributed by atoms with E-state index in [9.17, 15) is 9.90 Å². The van der Waals surface area contributed by atoms with Gasteiger partial charge in [0, 0.05) is 18.2 Å². The molecule has 1 amide bonds. The van der Waals surface area contributed by atoms with Gasteiger partial charge in [-0.25, -0.2) is 0 Å². The molecule has 132 valence electrons. The van der Waals surface area contributed by atoms with Crippen LogP contribution in [0.15, 0.2) is 36.4 Å². The Kier molecular flexibility index (Phi) is 5.68. The average molecular weight is 382 g/mol. The number of anilines is 1. The summed E-state index contributed by atoms with van der Waals surface area (Å²) < 4.78 is 11.0. The molecule has 3 rings (SSSR count). The topological polar surface area (TPSA) is 67.8 Å². The number of para-hydroxylation sites is 1. The fourth-order valence-corrected chi connectivity index (χ4v) is 2.99. The average Bonchev–Trinajstić information content (AvgIpc) is 2.59. The first-order chi connectivity index (χ1) is 12.0. The van der Waals surface area contributed by atoms with E-state index in [0.717, 1.165) is 17.7 Å². The summed E-state index contributed by atoms with van der Waals surface area (Å²) in [5.41, 5.74) is 1.83. The number of hydrogen-bond acceptors (Lipinski definition) is 4. The van der Waals surface area contributed by atoms with E-state index in [1.54, 1.807) is 24.3 Å². The molecule has 0 bridgehead atoms. The lowest BCUT2D eigenvalue weighted by Crippen LogP contribution is -2.25. The first-order valence-electron chi connectivity index (χ1n) is 7.83. The Morgan fingerprint density at radius 1 is 1.08 bits per heavy atom. The van der Waals surface area contributed by atoms with Gasteiger partial charge in [0.1, 0.15) is 25.1 Å². The summed E-state index contributed by atoms with van der Waals surface area (Å²) in [7, 11) is 0. The van der Waals surface area contributed by atoms with E-state index in [0.29, 0.717) is 28.0 Å². The second-order valence-electron chi connectivity index (χ2n) is 5.69. The summed E-state index contributed by atoms with van der Waals surface area (Å²) in [6.07, 6.45) is 0.350. The quantitative estimate of drug-likeness (QED) is 0.800. The first kappa shape index (κ1) is 17.9. The monoisotopic (exact) mass is 381 g/mol. The SMILES string of the molecule is O=C1CCc2ccc(OCC(O)COc3c(Cl)cccc3Cl)cc2N1. The molecular weight excluding hydrogens is 365 g/mol. The van der Waals surface area contributed by atoms with Crippen LogP contribution >= 0.6 is 23.2 Å². The standard InChI is InChI=1S/C18H17Cl2NO4/c19-14-2-1-3-15(20)18(14)25-10-12(22)9-24-13-6-4-11-5-7-17(23)21-16(11)8-13/h1-4,6,8,12,22H,5,7,9-10H2,(H,21,23). The number of amides is 1. The number of rotatable bonds is 6. The lowest BCUT2D eigenvalue weighted by atomic mass is 10.0. The van der Waals surface area contributed by atoms with E-state index in [4.69, 9.17) is 32.7 Å². The van der Waals surface area contributed by atoms with Gasteiger partial charge in [-0.3, -0.25) is 4.79 Å². The second kappa shape index (κ2) is 7.95. The van der Waals surface area contributed by atoms with E-state index in [-0.39, 0.29) is 19.1 Å². The zero-order valence-electron chi connectivity index (χ0n) is 13.3. The molecular formula is C18H17Cl2NO4. The molecule has 2 aromatic rings. The largest absolute Gasteiger partial charge is 0.491 e. The van der Waals surface area contributed by atoms with Gasteiger partial charge >= 0.3 is 0 Å². The molecule has 2 aromatic carbocycles. The van der Waals surface area contributed by atoms with Crippen molar-refractivity contribution in [2.24, 2.45) is 0 Å². The predicted molar refractivity (Wildman–Crippen MR) is 96.9 cm³/mol. The molecule has 0 saturated heterocycles. The first-order valence-corrected chi connectivity index (χ1v) is 8.59. The van der Waals surface area contributed by atoms with Crippen LogP contribution < -0.4 is 14.8 Å². The number of fused-ring (bicyclic) bond motifs is 1. The van der Waals surface area contributed by atoms with Crippen LogP contribution in [0.2, 0.25) is 10.0 Å². The van der Waals surface area contributed by atoms with Crippen molar-refractivity contribution in [1.29, 1.82) is 0 Å². The molecule has 1 atom stereocenters. The molecule has 2 N–H and O–H groups in total. The third-order valence-corrected chi connectivity index (χ3v) is 4.35. The molecule has 7 heteroatoms. The van der Waals surface area contributed by atoms with Gasteiger partial charge in [0.05, 0.1) is 10.0 Å². The van der Waals surface area contributed by atoms with Crippen LogP contribution in [0.4, 0.5) is 5.69 Å². The highest BCUT2D eigenvalue weighted by molar-refractivity contribution is 6.37. The Hall–Kier alpha value is -1.95. The number of hydrogen-bond donors (Lipinski definition) is 2. The van der Waals surface area contributed by atoms with Gasteiger partial charge < -0.3 is 19.9 Å². The summed E-state index contributed by atoms with van der Waals surface area (Å²) >= 11 is 12.0. The summed E-state index contributed by atoms with van der Waals surface area (Å²) in [5, 5.41) is 13.6. The summed E-state index contributed by atoms with van der Waals surface area (Å²) in [6, 6.07) is 10.5. The van der Waals surface area contributed by atoms with Gasteiger partial charge in [-0.15, -0.1) is 0 Å². The predicted octanol–water partition coefficient (Wildman–Crippen LogP) is 3.70. The van der Waals surface area contributed by atoms with Crippen molar-refractivity contribution in [3.63, 3.8) is 0 Å². The Balaban J connectivity index is 1.53. The molecule has 1 unspecified atom stereocenters. The van der Waals surface area contributed by atoms with Crippen LogP contribution in [0.1, 0.15) is 12.0 Å². The number of ether oxygens (including phenoxy) is 2. The zero-order chi connectivity index (χ0) is 17.8. The number of aliphatic hydroxyl groups is 1. The second-order valence-corrected chi connectivity index (χ2v) is 6.51. The lowest BCUT2D eigenvalue weighted by molar-refractivity contribution is -0.116. The molecule has 0 radical (unpaired) electrons. The fourth-order valence-electron chi connectivity index (χ4n) is 2.48. The third-order valence-electron chi connectivity index (χ3n) is 3.76. The Morgan fingerprint density at radius 3 is 2.56 bits per heavy atom. The summed E-state index contributed by atoms with van der Waals surface area (Å²) in [4.78, 5) is 11.4. The number of benzene rings is 2. The van der Waals surface area contributed by atoms with Crippen molar-refractivity contribution in [2.75, 3.05) is 18.5 Å². The Bertz CT molecular complexity index is 761. The van der Waals surface area contributed by atoms with Crippen LogP contribution in [-0.2, 0) is 11.2 Å². The minimum atomic E-state index is -0.863. The van der Waals surface area contributed by atoms with Gasteiger partial charge in [0.25, 0.3) is 0 Å². The highest BCUT2D eigenvalue weighted by Gasteiger charge is 2.16. The van der Waals surface area contributed by atoms with Crippen LogP contribution in [0, 0.1) is 0 Å². The van der Waals surface area contributed by atoms with Crippen molar-refractivity contribution in [1.82, 2.24) is 0 Å². The van der Waals surface area contributed by atoms with Crippen molar-refractivity contribution in [3.05, 3.63) is 52.0 Å². The summed E-state index contributed by atoms with van der Waals surface area (Å²) in [6.45, 7) is 0.0277. The minimum Gasteiger partial charge on any atom is -0.491 e. The van der Waals surface area contributed by atoms with Crippen molar-refractivity contribution < 1.29 is 19.4 Å². The van der Waals surface area contributed by atoms with Gasteiger partial charge in [-0.05, 0) is 30.2 Å². The summed E-state index contributed by atoms with van der Waals surface area (Å²) in [5.74, 6) is 0.895. The Labute approximate surface area is 155 Å². The molecule has 1 aliphatic rings. The number of carbonyl (C=O) groups excluding carboxylic acids is 1. The molecule has 0 spiro atoms. The van der Waals surface area contributed by atoms with E-state index in [1.807, 2.05) is 12.1 Å². The van der Waals surface area contributed by atoms with Gasteiger partial charge in [-0.1, -0.05) is 35.3 Å². The zero-order valence-corrected chi connectivity index (χ0v) is 14.8. The molecule has 25 heavy (non-hydrogen) atoms. The Morgan fingerprint density at radius 2 is 1.80 bits per heavy atom. The number of halogens is 2. The van der Waals surface area contributed by atoms with Crippen molar-refractivity contribution in [2.45, 2.75) is 18.9 Å². The molecule has 0 aromatic heterocycles. The van der Waals surface area contributed by atoms with Crippen molar-refractivity contribution in [3.8, 4) is 11.5 Å². The molecule has 1 heterocycles. The maximum atomic E-state index is 11.4. The van der Waals surface area contributed by atoms with E-state index in [2.05, 4.69) is 5.32 Å². The van der Waals surface area contributed by atoms with Crippen molar-refractivity contribution >= 4 is 34.8 Å². The number of aliphatic hydroxyl groups excluding tert-OH is 1. The lowest BCUT2D eigenvalue weighted by Gasteiger charge is -2.19. The van der Waals surface area contributed by atoms with Crippen LogP contribution in [-0.4, -0.2) is 30.3 Å². The molecule has 1 aliphatic heterocycles. The van der Waals surface area contributed by atoms with Crippen LogP contribution in [0.5, 0.6) is 11.5 Å². The molecule has 5 nitrogen and oxygen atoms in total. The maximum absolute atomic E-state index is 11.4. The van der Waals surface area contributed by atoms with Gasteiger partial charge in [0.15, 0.2) is 5.75 Å². The molecule has 0 aliphatic carbocycles. The molecule has 0 saturated carbocycles. The highest BCUT2D eigenvalue weighted by Crippen LogP contribution is 2.32. The third kappa shape index (κ3) is 4.57. The normalized spacial score (nSPS) is 14.4. The highest BCUT2D eigenvalue weighted by atomic mass is 35.5. The smallest absolute Gasteiger partial charge is 0.224 e. The minimum absolute atomic E-state index is 0.00490.